The van der Waals surface area contributed by atoms with Gasteiger partial charge in [0.1, 0.15) is 0 Å². The van der Waals surface area contributed by atoms with Crippen molar-refractivity contribution in [1.29, 1.82) is 0 Å². The van der Waals surface area contributed by atoms with E-state index >= 15 is 0 Å². The summed E-state index contributed by atoms with van der Waals surface area (Å²) in [5.74, 6) is 0.685. The number of ether oxygens (including phenoxy) is 1. The molecule has 0 spiro atoms. The molecule has 2 unspecified atom stereocenters. The Bertz CT molecular complexity index is 920. The molecule has 4 rings (SSSR count). The second-order valence-electron chi connectivity index (χ2n) is 8.48. The van der Waals surface area contributed by atoms with Crippen LogP contribution >= 0.6 is 0 Å². The molecule has 1 aliphatic rings. The topological polar surface area (TPSA) is 9.23 Å². The predicted molar refractivity (Wildman–Crippen MR) is 119 cm³/mol. The second kappa shape index (κ2) is 7.93. The van der Waals surface area contributed by atoms with E-state index in [-0.39, 0.29) is 6.10 Å². The minimum atomic E-state index is 0.256. The molecule has 1 aliphatic heterocycles. The number of rotatable bonds is 3. The van der Waals surface area contributed by atoms with Crippen molar-refractivity contribution in [3.63, 3.8) is 0 Å². The van der Waals surface area contributed by atoms with Gasteiger partial charge in [-0.1, -0.05) is 73.2 Å². The van der Waals surface area contributed by atoms with E-state index in [0.717, 1.165) is 13.0 Å². The molecule has 0 bridgehead atoms. The lowest BCUT2D eigenvalue weighted by atomic mass is 9.89. The molecule has 0 aliphatic carbocycles. The molecule has 1 nitrogen and oxygen atoms in total. The van der Waals surface area contributed by atoms with E-state index < -0.39 is 0 Å². The van der Waals surface area contributed by atoms with E-state index in [1.807, 2.05) is 0 Å². The Labute approximate surface area is 169 Å². The number of hydrogen-bond donors (Lipinski definition) is 0. The monoisotopic (exact) mass is 370 g/mol. The predicted octanol–water partition coefficient (Wildman–Crippen LogP) is 7.43. The molecule has 28 heavy (non-hydrogen) atoms. The number of aryl methyl sites for hydroxylation is 3. The molecule has 144 valence electrons. The van der Waals surface area contributed by atoms with Crippen molar-refractivity contribution in [3.8, 4) is 22.3 Å². The highest BCUT2D eigenvalue weighted by atomic mass is 16.5. The van der Waals surface area contributed by atoms with Gasteiger partial charge in [0, 0.05) is 6.61 Å². The molecule has 3 aromatic rings. The van der Waals surface area contributed by atoms with E-state index in [1.54, 1.807) is 0 Å². The van der Waals surface area contributed by atoms with Crippen LogP contribution in [0.25, 0.3) is 22.3 Å². The summed E-state index contributed by atoms with van der Waals surface area (Å²) in [5, 5.41) is 0. The van der Waals surface area contributed by atoms with Crippen LogP contribution in [0.1, 0.15) is 48.1 Å². The lowest BCUT2D eigenvalue weighted by Crippen LogP contribution is -2.18. The first kappa shape index (κ1) is 19.0. The molecule has 0 N–H and O–H groups in total. The van der Waals surface area contributed by atoms with Crippen molar-refractivity contribution in [2.75, 3.05) is 6.61 Å². The highest BCUT2D eigenvalue weighted by Gasteiger charge is 2.21. The third-order valence-electron chi connectivity index (χ3n) is 5.99. The van der Waals surface area contributed by atoms with Crippen LogP contribution < -0.4 is 0 Å². The summed E-state index contributed by atoms with van der Waals surface area (Å²) >= 11 is 0. The van der Waals surface area contributed by atoms with Crippen LogP contribution in [0.3, 0.4) is 0 Å². The Morgan fingerprint density at radius 2 is 1.25 bits per heavy atom. The van der Waals surface area contributed by atoms with E-state index in [1.165, 1.54) is 50.9 Å². The van der Waals surface area contributed by atoms with Crippen LogP contribution in [0.5, 0.6) is 0 Å². The van der Waals surface area contributed by atoms with Gasteiger partial charge < -0.3 is 4.74 Å². The standard InChI is InChI=1S/C27H30O/c1-18-5-8-22(9-6-18)23-10-12-24(13-11-23)27-20(3)15-25(16-21(27)4)26-14-7-19(2)17-28-26/h5-6,8-13,15-16,19,26H,7,14,17H2,1-4H3. The molecule has 1 fully saturated rings. The Hall–Kier alpha value is -2.38. The van der Waals surface area contributed by atoms with E-state index in [9.17, 15) is 0 Å². The Balaban J connectivity index is 1.61. The maximum Gasteiger partial charge on any atom is 0.0825 e. The summed E-state index contributed by atoms with van der Waals surface area (Å²) in [6.07, 6.45) is 2.64. The van der Waals surface area contributed by atoms with Gasteiger partial charge in [-0.3, -0.25) is 0 Å². The van der Waals surface area contributed by atoms with E-state index in [4.69, 9.17) is 4.74 Å². The van der Waals surface area contributed by atoms with Gasteiger partial charge in [-0.2, -0.15) is 0 Å². The minimum absolute atomic E-state index is 0.256. The molecule has 0 saturated carbocycles. The number of hydrogen-bond acceptors (Lipinski definition) is 1. The average molecular weight is 371 g/mol. The van der Waals surface area contributed by atoms with Crippen molar-refractivity contribution < 1.29 is 4.74 Å². The average Bonchev–Trinajstić information content (AvgIpc) is 2.69. The summed E-state index contributed by atoms with van der Waals surface area (Å²) in [5.41, 5.74) is 10.5. The smallest absolute Gasteiger partial charge is 0.0825 e. The van der Waals surface area contributed by atoms with Crippen molar-refractivity contribution >= 4 is 0 Å². The SMILES string of the molecule is Cc1ccc(-c2ccc(-c3c(C)cc(C4CCC(C)CO4)cc3C)cc2)cc1. The van der Waals surface area contributed by atoms with E-state index in [2.05, 4.69) is 88.4 Å². The first-order valence-corrected chi connectivity index (χ1v) is 10.4. The van der Waals surface area contributed by atoms with Crippen molar-refractivity contribution in [1.82, 2.24) is 0 Å². The molecule has 0 aromatic heterocycles. The first-order valence-electron chi connectivity index (χ1n) is 10.4. The highest BCUT2D eigenvalue weighted by molar-refractivity contribution is 5.74. The molecule has 1 saturated heterocycles. The first-order chi connectivity index (χ1) is 13.5. The summed E-state index contributed by atoms with van der Waals surface area (Å²) in [6.45, 7) is 9.73. The van der Waals surface area contributed by atoms with Crippen LogP contribution in [0.2, 0.25) is 0 Å². The van der Waals surface area contributed by atoms with Crippen LogP contribution in [-0.4, -0.2) is 6.61 Å². The van der Waals surface area contributed by atoms with E-state index in [0.29, 0.717) is 5.92 Å². The molecular formula is C27H30O. The molecule has 0 amide bonds. The summed E-state index contributed by atoms with van der Waals surface area (Å²) in [4.78, 5) is 0. The minimum Gasteiger partial charge on any atom is -0.373 e. The Morgan fingerprint density at radius 3 is 1.79 bits per heavy atom. The maximum atomic E-state index is 6.10. The molecule has 2 atom stereocenters. The third kappa shape index (κ3) is 3.91. The molecule has 1 heterocycles. The fraction of sp³-hybridized carbons (Fsp3) is 0.333. The summed E-state index contributed by atoms with van der Waals surface area (Å²) < 4.78 is 6.10. The Morgan fingerprint density at radius 1 is 0.714 bits per heavy atom. The highest BCUT2D eigenvalue weighted by Crippen LogP contribution is 2.36. The third-order valence-corrected chi connectivity index (χ3v) is 5.99. The fourth-order valence-electron chi connectivity index (χ4n) is 4.36. The van der Waals surface area contributed by atoms with Crippen molar-refractivity contribution in [3.05, 3.63) is 82.9 Å². The summed E-state index contributed by atoms with van der Waals surface area (Å²) in [7, 11) is 0. The molecule has 1 heteroatoms. The normalized spacial score (nSPS) is 19.6. The summed E-state index contributed by atoms with van der Waals surface area (Å²) in [6, 6.07) is 22.4. The van der Waals surface area contributed by atoms with Gasteiger partial charge in [0.25, 0.3) is 0 Å². The zero-order valence-electron chi connectivity index (χ0n) is 17.5. The van der Waals surface area contributed by atoms with Gasteiger partial charge in [0.2, 0.25) is 0 Å². The van der Waals surface area contributed by atoms with Gasteiger partial charge in [-0.05, 0) is 78.5 Å². The van der Waals surface area contributed by atoms with Crippen LogP contribution in [0.15, 0.2) is 60.7 Å². The lowest BCUT2D eigenvalue weighted by molar-refractivity contribution is -0.0124. The van der Waals surface area contributed by atoms with Gasteiger partial charge in [-0.15, -0.1) is 0 Å². The zero-order valence-corrected chi connectivity index (χ0v) is 17.5. The maximum absolute atomic E-state index is 6.10. The van der Waals surface area contributed by atoms with Gasteiger partial charge in [0.15, 0.2) is 0 Å². The molecule has 0 radical (unpaired) electrons. The largest absolute Gasteiger partial charge is 0.373 e. The zero-order chi connectivity index (χ0) is 19.7. The van der Waals surface area contributed by atoms with Gasteiger partial charge in [-0.25, -0.2) is 0 Å². The van der Waals surface area contributed by atoms with Crippen LogP contribution in [0, 0.1) is 26.7 Å². The number of benzene rings is 3. The molecular weight excluding hydrogens is 340 g/mol. The van der Waals surface area contributed by atoms with Crippen LogP contribution in [-0.2, 0) is 4.74 Å². The van der Waals surface area contributed by atoms with Gasteiger partial charge in [0.05, 0.1) is 6.10 Å². The fourth-order valence-corrected chi connectivity index (χ4v) is 4.36. The van der Waals surface area contributed by atoms with Crippen molar-refractivity contribution in [2.24, 2.45) is 5.92 Å². The van der Waals surface area contributed by atoms with Crippen molar-refractivity contribution in [2.45, 2.75) is 46.6 Å². The molecule has 3 aromatic carbocycles. The van der Waals surface area contributed by atoms with Gasteiger partial charge >= 0.3 is 0 Å². The quantitative estimate of drug-likeness (QED) is 0.465. The lowest BCUT2D eigenvalue weighted by Gasteiger charge is -2.28. The Kier molecular flexibility index (Phi) is 5.37. The van der Waals surface area contributed by atoms with Crippen LogP contribution in [0.4, 0.5) is 0 Å². The second-order valence-corrected chi connectivity index (χ2v) is 8.48.